The smallest absolute Gasteiger partial charge is 0.226 e. The lowest BCUT2D eigenvalue weighted by molar-refractivity contribution is 0.318. The number of aromatic nitrogens is 2. The summed E-state index contributed by atoms with van der Waals surface area (Å²) in [5, 5.41) is 11.7. The van der Waals surface area contributed by atoms with Gasteiger partial charge in [-0.25, -0.2) is 9.97 Å². The second-order valence-electron chi connectivity index (χ2n) is 4.93. The van der Waals surface area contributed by atoms with Crippen LogP contribution in [0, 0.1) is 0 Å². The fraction of sp³-hybridized carbons (Fsp3) is 0.267. The molecule has 2 rings (SSSR count). The summed E-state index contributed by atoms with van der Waals surface area (Å²) in [4.78, 5) is 10.7. The largest absolute Gasteiger partial charge is 0.409 e. The van der Waals surface area contributed by atoms with E-state index in [0.717, 1.165) is 0 Å². The molecule has 0 spiro atoms. The summed E-state index contributed by atoms with van der Waals surface area (Å²) < 4.78 is 0. The average Bonchev–Trinajstić information content (AvgIpc) is 2.52. The zero-order chi connectivity index (χ0) is 15.2. The molecule has 0 saturated carbocycles. The van der Waals surface area contributed by atoms with Crippen LogP contribution in [-0.4, -0.2) is 27.1 Å². The van der Waals surface area contributed by atoms with Crippen molar-refractivity contribution < 1.29 is 5.21 Å². The fourth-order valence-electron chi connectivity index (χ4n) is 1.95. The molecule has 2 aromatic rings. The normalized spacial score (nSPS) is 11.7. The lowest BCUT2D eigenvalue weighted by atomic mass is 10.2. The van der Waals surface area contributed by atoms with E-state index in [1.54, 1.807) is 12.3 Å². The van der Waals surface area contributed by atoms with E-state index in [1.807, 2.05) is 18.2 Å². The van der Waals surface area contributed by atoms with Gasteiger partial charge in [-0.15, -0.1) is 0 Å². The number of amidine groups is 1. The Morgan fingerprint density at radius 1 is 1.29 bits per heavy atom. The number of rotatable bonds is 5. The monoisotopic (exact) mass is 285 g/mol. The van der Waals surface area contributed by atoms with Gasteiger partial charge in [0.05, 0.1) is 0 Å². The molecule has 0 aliphatic rings. The molecule has 6 heteroatoms. The van der Waals surface area contributed by atoms with Crippen LogP contribution in [0.15, 0.2) is 47.8 Å². The molecule has 3 N–H and O–H groups in total. The Kier molecular flexibility index (Phi) is 4.71. The van der Waals surface area contributed by atoms with E-state index in [-0.39, 0.29) is 11.9 Å². The molecule has 0 saturated heterocycles. The molecule has 0 amide bonds. The van der Waals surface area contributed by atoms with Crippen molar-refractivity contribution in [2.75, 3.05) is 4.90 Å². The van der Waals surface area contributed by atoms with Crippen LogP contribution < -0.4 is 10.6 Å². The molecule has 1 aromatic carbocycles. The van der Waals surface area contributed by atoms with Gasteiger partial charge in [-0.1, -0.05) is 35.5 Å². The van der Waals surface area contributed by atoms with E-state index < -0.39 is 0 Å². The Hall–Kier alpha value is -2.63. The minimum absolute atomic E-state index is 0.0259. The Morgan fingerprint density at radius 2 is 2.00 bits per heavy atom. The van der Waals surface area contributed by atoms with Gasteiger partial charge in [-0.2, -0.15) is 0 Å². The van der Waals surface area contributed by atoms with E-state index in [9.17, 15) is 0 Å². The molecule has 0 fully saturated rings. The Morgan fingerprint density at radius 3 is 2.62 bits per heavy atom. The quantitative estimate of drug-likeness (QED) is 0.379. The molecule has 21 heavy (non-hydrogen) atoms. The van der Waals surface area contributed by atoms with Gasteiger partial charge in [0, 0.05) is 18.8 Å². The second-order valence-corrected chi connectivity index (χ2v) is 4.93. The van der Waals surface area contributed by atoms with Gasteiger partial charge in [0.25, 0.3) is 0 Å². The van der Waals surface area contributed by atoms with E-state index in [1.165, 1.54) is 5.56 Å². The number of hydrogen-bond donors (Lipinski definition) is 2. The summed E-state index contributed by atoms with van der Waals surface area (Å²) in [5.41, 5.74) is 7.16. The topological polar surface area (TPSA) is 87.6 Å². The molecule has 1 aromatic heterocycles. The molecule has 0 bridgehead atoms. The van der Waals surface area contributed by atoms with Crippen molar-refractivity contribution in [3.63, 3.8) is 0 Å². The van der Waals surface area contributed by atoms with Crippen molar-refractivity contribution >= 4 is 11.8 Å². The van der Waals surface area contributed by atoms with Crippen molar-refractivity contribution in [2.45, 2.75) is 26.4 Å². The number of oxime groups is 1. The first-order chi connectivity index (χ1) is 10.1. The predicted molar refractivity (Wildman–Crippen MR) is 82.3 cm³/mol. The van der Waals surface area contributed by atoms with Crippen LogP contribution in [0.5, 0.6) is 0 Å². The van der Waals surface area contributed by atoms with Crippen molar-refractivity contribution in [1.82, 2.24) is 9.97 Å². The van der Waals surface area contributed by atoms with Crippen LogP contribution in [0.2, 0.25) is 0 Å². The lowest BCUT2D eigenvalue weighted by Gasteiger charge is -2.27. The first kappa shape index (κ1) is 14.8. The number of anilines is 1. The molecule has 0 radical (unpaired) electrons. The van der Waals surface area contributed by atoms with Crippen LogP contribution in [0.3, 0.4) is 0 Å². The molecule has 6 nitrogen and oxygen atoms in total. The zero-order valence-electron chi connectivity index (χ0n) is 12.1. The third-order valence-corrected chi connectivity index (χ3v) is 3.09. The lowest BCUT2D eigenvalue weighted by Crippen LogP contribution is -2.32. The molecule has 1 heterocycles. The summed E-state index contributed by atoms with van der Waals surface area (Å²) in [6.07, 6.45) is 1.61. The highest BCUT2D eigenvalue weighted by molar-refractivity contribution is 5.95. The second kappa shape index (κ2) is 6.69. The highest BCUT2D eigenvalue weighted by Crippen LogP contribution is 2.15. The summed E-state index contributed by atoms with van der Waals surface area (Å²) in [5.74, 6) is 0.528. The highest BCUT2D eigenvalue weighted by Gasteiger charge is 2.15. The van der Waals surface area contributed by atoms with Gasteiger partial charge in [-0.3, -0.25) is 0 Å². The van der Waals surface area contributed by atoms with Gasteiger partial charge in [-0.05, 0) is 25.5 Å². The molecule has 0 aliphatic heterocycles. The average molecular weight is 285 g/mol. The SMILES string of the molecule is CC(C)N(Cc1ccccc1)c1nccc(/C(N)=N/O)n1. The van der Waals surface area contributed by atoms with Crippen molar-refractivity contribution in [3.05, 3.63) is 53.9 Å². The number of nitrogens with two attached hydrogens (primary N) is 1. The molecule has 110 valence electrons. The predicted octanol–water partition coefficient (Wildman–Crippen LogP) is 1.99. The van der Waals surface area contributed by atoms with Crippen LogP contribution in [0.4, 0.5) is 5.95 Å². The van der Waals surface area contributed by atoms with E-state index in [2.05, 4.69) is 46.0 Å². The van der Waals surface area contributed by atoms with Crippen LogP contribution in [0.25, 0.3) is 0 Å². The molecule has 0 atom stereocenters. The summed E-state index contributed by atoms with van der Waals surface area (Å²) in [6.45, 7) is 4.84. The Labute approximate surface area is 123 Å². The van der Waals surface area contributed by atoms with Crippen molar-refractivity contribution in [3.8, 4) is 0 Å². The minimum Gasteiger partial charge on any atom is -0.409 e. The van der Waals surface area contributed by atoms with Crippen molar-refractivity contribution in [2.24, 2.45) is 10.9 Å². The fourth-order valence-corrected chi connectivity index (χ4v) is 1.95. The van der Waals surface area contributed by atoms with Gasteiger partial charge in [0.1, 0.15) is 5.69 Å². The first-order valence-corrected chi connectivity index (χ1v) is 6.73. The maximum Gasteiger partial charge on any atom is 0.226 e. The molecular weight excluding hydrogens is 266 g/mol. The number of benzene rings is 1. The van der Waals surface area contributed by atoms with E-state index >= 15 is 0 Å². The maximum absolute atomic E-state index is 8.75. The summed E-state index contributed by atoms with van der Waals surface area (Å²) in [6, 6.07) is 11.9. The summed E-state index contributed by atoms with van der Waals surface area (Å²) >= 11 is 0. The minimum atomic E-state index is -0.0259. The van der Waals surface area contributed by atoms with Crippen LogP contribution >= 0.6 is 0 Å². The first-order valence-electron chi connectivity index (χ1n) is 6.73. The Balaban J connectivity index is 2.30. The van der Waals surface area contributed by atoms with Gasteiger partial charge in [0.15, 0.2) is 5.84 Å². The number of hydrogen-bond acceptors (Lipinski definition) is 5. The van der Waals surface area contributed by atoms with E-state index in [4.69, 9.17) is 10.9 Å². The van der Waals surface area contributed by atoms with Gasteiger partial charge in [0.2, 0.25) is 5.95 Å². The Bertz CT molecular complexity index is 612. The van der Waals surface area contributed by atoms with Crippen molar-refractivity contribution in [1.29, 1.82) is 0 Å². The molecule has 0 aliphatic carbocycles. The van der Waals surface area contributed by atoms with Crippen LogP contribution in [0.1, 0.15) is 25.1 Å². The standard InChI is InChI=1S/C15H19N5O/c1-11(2)20(10-12-6-4-3-5-7-12)15-17-9-8-13(18-15)14(16)19-21/h3-9,11,21H,10H2,1-2H3,(H2,16,19). The van der Waals surface area contributed by atoms with Gasteiger partial charge >= 0.3 is 0 Å². The number of nitrogens with zero attached hydrogens (tertiary/aromatic N) is 4. The highest BCUT2D eigenvalue weighted by atomic mass is 16.4. The molecular formula is C15H19N5O. The zero-order valence-corrected chi connectivity index (χ0v) is 12.1. The maximum atomic E-state index is 8.75. The third-order valence-electron chi connectivity index (χ3n) is 3.09. The molecule has 0 unspecified atom stereocenters. The summed E-state index contributed by atoms with van der Waals surface area (Å²) in [7, 11) is 0. The van der Waals surface area contributed by atoms with Crippen LogP contribution in [-0.2, 0) is 6.54 Å². The third kappa shape index (κ3) is 3.68. The van der Waals surface area contributed by atoms with Gasteiger partial charge < -0.3 is 15.8 Å². The van der Waals surface area contributed by atoms with E-state index in [0.29, 0.717) is 18.2 Å².